The molecular weight excluding hydrogens is 319 g/mol. The molecule has 0 saturated carbocycles. The summed E-state index contributed by atoms with van der Waals surface area (Å²) < 4.78 is 43.6. The number of ether oxygens (including phenoxy) is 1. The minimum absolute atomic E-state index is 0.0407. The Bertz CT molecular complexity index is 554. The molecule has 24 heavy (non-hydrogen) atoms. The molecule has 0 aromatic heterocycles. The molecular formula is C18H24F3NO2. The number of rotatable bonds is 4. The molecule has 1 saturated heterocycles. The summed E-state index contributed by atoms with van der Waals surface area (Å²) in [6, 6.07) is 5.27. The Kier molecular flexibility index (Phi) is 5.91. The smallest absolute Gasteiger partial charge is 0.416 e. The zero-order valence-electron chi connectivity index (χ0n) is 14.3. The van der Waals surface area contributed by atoms with Gasteiger partial charge in [-0.15, -0.1) is 0 Å². The van der Waals surface area contributed by atoms with Crippen molar-refractivity contribution >= 4 is 5.97 Å². The maximum atomic E-state index is 12.7. The second-order valence-corrected chi connectivity index (χ2v) is 6.73. The molecule has 1 aromatic rings. The lowest BCUT2D eigenvalue weighted by Gasteiger charge is -2.39. The summed E-state index contributed by atoms with van der Waals surface area (Å²) in [5.41, 5.74) is 0.184. The van der Waals surface area contributed by atoms with Crippen molar-refractivity contribution in [2.45, 2.75) is 38.9 Å². The molecule has 1 aliphatic heterocycles. The molecule has 0 amide bonds. The van der Waals surface area contributed by atoms with Gasteiger partial charge in [0.2, 0.25) is 0 Å². The normalized spacial score (nSPS) is 22.6. The maximum Gasteiger partial charge on any atom is 0.416 e. The van der Waals surface area contributed by atoms with Crippen LogP contribution in [0.4, 0.5) is 13.2 Å². The summed E-state index contributed by atoms with van der Waals surface area (Å²) in [5.74, 6) is -0.339. The predicted octanol–water partition coefficient (Wildman–Crippen LogP) is 4.29. The summed E-state index contributed by atoms with van der Waals surface area (Å²) in [6.07, 6.45) is -2.46. The van der Waals surface area contributed by atoms with Crippen molar-refractivity contribution in [3.63, 3.8) is 0 Å². The molecule has 0 N–H and O–H groups in total. The van der Waals surface area contributed by atoms with E-state index in [-0.39, 0.29) is 23.8 Å². The number of piperidine rings is 1. The number of benzene rings is 1. The highest BCUT2D eigenvalue weighted by Gasteiger charge is 2.34. The summed E-state index contributed by atoms with van der Waals surface area (Å²) >= 11 is 0. The third-order valence-electron chi connectivity index (χ3n) is 4.50. The minimum atomic E-state index is -4.33. The maximum absolute atomic E-state index is 12.7. The van der Waals surface area contributed by atoms with Crippen LogP contribution in [-0.4, -0.2) is 31.1 Å². The molecule has 0 radical (unpaired) electrons. The quantitative estimate of drug-likeness (QED) is 0.764. The predicted molar refractivity (Wildman–Crippen MR) is 85.3 cm³/mol. The van der Waals surface area contributed by atoms with Gasteiger partial charge < -0.3 is 4.74 Å². The molecule has 1 aliphatic rings. The highest BCUT2D eigenvalue weighted by atomic mass is 19.4. The Morgan fingerprint density at radius 1 is 1.29 bits per heavy atom. The Morgan fingerprint density at radius 3 is 2.46 bits per heavy atom. The van der Waals surface area contributed by atoms with Gasteiger partial charge in [-0.3, -0.25) is 9.69 Å². The molecule has 1 fully saturated rings. The van der Waals surface area contributed by atoms with Gasteiger partial charge in [-0.1, -0.05) is 26.0 Å². The first kappa shape index (κ1) is 18.8. The molecule has 1 heterocycles. The van der Waals surface area contributed by atoms with Crippen LogP contribution in [-0.2, 0) is 15.7 Å². The minimum Gasteiger partial charge on any atom is -0.465 e. The summed E-state index contributed by atoms with van der Waals surface area (Å²) in [5, 5.41) is 0. The van der Waals surface area contributed by atoms with Gasteiger partial charge in [0.25, 0.3) is 0 Å². The molecule has 2 atom stereocenters. The van der Waals surface area contributed by atoms with E-state index in [1.54, 1.807) is 13.8 Å². The second kappa shape index (κ2) is 7.55. The highest BCUT2D eigenvalue weighted by Crippen LogP contribution is 2.37. The number of alkyl halides is 3. The number of likely N-dealkylation sites (tertiary alicyclic amines) is 1. The van der Waals surface area contributed by atoms with E-state index < -0.39 is 11.7 Å². The number of hydrogen-bond donors (Lipinski definition) is 0. The topological polar surface area (TPSA) is 29.5 Å². The number of carbonyl (C=O) groups is 1. The zero-order chi connectivity index (χ0) is 17.9. The van der Waals surface area contributed by atoms with Crippen molar-refractivity contribution in [1.29, 1.82) is 0 Å². The zero-order valence-corrected chi connectivity index (χ0v) is 14.3. The van der Waals surface area contributed by atoms with E-state index in [0.29, 0.717) is 6.61 Å². The van der Waals surface area contributed by atoms with Crippen molar-refractivity contribution in [3.05, 3.63) is 35.4 Å². The van der Waals surface area contributed by atoms with E-state index in [2.05, 4.69) is 4.90 Å². The number of hydrogen-bond acceptors (Lipinski definition) is 3. The molecule has 134 valence electrons. The Morgan fingerprint density at radius 2 is 1.92 bits per heavy atom. The Balaban J connectivity index is 2.15. The lowest BCUT2D eigenvalue weighted by molar-refractivity contribution is -0.150. The first-order chi connectivity index (χ1) is 11.2. The largest absolute Gasteiger partial charge is 0.465 e. The molecule has 3 nitrogen and oxygen atoms in total. The van der Waals surface area contributed by atoms with Gasteiger partial charge in [0.05, 0.1) is 18.1 Å². The van der Waals surface area contributed by atoms with Crippen LogP contribution < -0.4 is 0 Å². The van der Waals surface area contributed by atoms with E-state index in [0.717, 1.165) is 37.1 Å². The second-order valence-electron chi connectivity index (χ2n) is 6.73. The van der Waals surface area contributed by atoms with Crippen molar-refractivity contribution in [3.8, 4) is 0 Å². The Hall–Kier alpha value is -1.56. The van der Waals surface area contributed by atoms with Crippen molar-refractivity contribution in [2.75, 3.05) is 20.2 Å². The average Bonchev–Trinajstić information content (AvgIpc) is 2.51. The first-order valence-corrected chi connectivity index (χ1v) is 8.24. The SMILES string of the molecule is CC(C)C(=O)OC[C@H]1CCCN(C)[C@@H]1c1ccc(C(F)(F)F)cc1. The van der Waals surface area contributed by atoms with Crippen LogP contribution in [0.1, 0.15) is 43.9 Å². The molecule has 0 aliphatic carbocycles. The van der Waals surface area contributed by atoms with Crippen LogP contribution in [0, 0.1) is 11.8 Å². The van der Waals surface area contributed by atoms with Gasteiger partial charge in [0, 0.05) is 12.0 Å². The fourth-order valence-electron chi connectivity index (χ4n) is 3.19. The van der Waals surface area contributed by atoms with E-state index in [1.807, 2.05) is 7.05 Å². The van der Waals surface area contributed by atoms with Crippen molar-refractivity contribution < 1.29 is 22.7 Å². The molecule has 6 heteroatoms. The van der Waals surface area contributed by atoms with Crippen LogP contribution in [0.5, 0.6) is 0 Å². The van der Waals surface area contributed by atoms with E-state index in [1.165, 1.54) is 12.1 Å². The first-order valence-electron chi connectivity index (χ1n) is 8.24. The average molecular weight is 343 g/mol. The van der Waals surface area contributed by atoms with Crippen LogP contribution in [0.2, 0.25) is 0 Å². The molecule has 0 bridgehead atoms. The van der Waals surface area contributed by atoms with Gasteiger partial charge in [-0.05, 0) is 44.1 Å². The van der Waals surface area contributed by atoms with Crippen LogP contribution in [0.25, 0.3) is 0 Å². The lowest BCUT2D eigenvalue weighted by atomic mass is 9.85. The van der Waals surface area contributed by atoms with Crippen LogP contribution in [0.15, 0.2) is 24.3 Å². The third-order valence-corrected chi connectivity index (χ3v) is 4.50. The fraction of sp³-hybridized carbons (Fsp3) is 0.611. The van der Waals surface area contributed by atoms with Gasteiger partial charge >= 0.3 is 12.1 Å². The number of halogens is 3. The van der Waals surface area contributed by atoms with E-state index >= 15 is 0 Å². The van der Waals surface area contributed by atoms with Crippen LogP contribution in [0.3, 0.4) is 0 Å². The Labute approximate surface area is 140 Å². The van der Waals surface area contributed by atoms with Gasteiger partial charge in [-0.2, -0.15) is 13.2 Å². The van der Waals surface area contributed by atoms with E-state index in [9.17, 15) is 18.0 Å². The molecule has 0 spiro atoms. The molecule has 0 unspecified atom stereocenters. The van der Waals surface area contributed by atoms with Crippen LogP contribution >= 0.6 is 0 Å². The van der Waals surface area contributed by atoms with Gasteiger partial charge in [0.15, 0.2) is 0 Å². The van der Waals surface area contributed by atoms with E-state index in [4.69, 9.17) is 4.74 Å². The van der Waals surface area contributed by atoms with Gasteiger partial charge in [0.1, 0.15) is 0 Å². The molecule has 2 rings (SSSR count). The monoisotopic (exact) mass is 343 g/mol. The number of esters is 1. The summed E-state index contributed by atoms with van der Waals surface area (Å²) in [7, 11) is 1.96. The van der Waals surface area contributed by atoms with Crippen molar-refractivity contribution in [2.24, 2.45) is 11.8 Å². The third kappa shape index (κ3) is 4.50. The molecule has 1 aromatic carbocycles. The lowest BCUT2D eigenvalue weighted by Crippen LogP contribution is -2.38. The fourth-order valence-corrected chi connectivity index (χ4v) is 3.19. The van der Waals surface area contributed by atoms with Gasteiger partial charge in [-0.25, -0.2) is 0 Å². The summed E-state index contributed by atoms with van der Waals surface area (Å²) in [6.45, 7) is 4.73. The summed E-state index contributed by atoms with van der Waals surface area (Å²) in [4.78, 5) is 13.8. The standard InChI is InChI=1S/C18H24F3NO2/c1-12(2)17(23)24-11-14-5-4-10-22(3)16(14)13-6-8-15(9-7-13)18(19,20)21/h6-9,12,14,16H,4-5,10-11H2,1-3H3/t14-,16-/m1/s1. The number of nitrogens with zero attached hydrogens (tertiary/aromatic N) is 1. The highest BCUT2D eigenvalue weighted by molar-refractivity contribution is 5.71. The van der Waals surface area contributed by atoms with Crippen molar-refractivity contribution in [1.82, 2.24) is 4.90 Å². The number of carbonyl (C=O) groups excluding carboxylic acids is 1.